The van der Waals surface area contributed by atoms with Gasteiger partial charge in [-0.05, 0) is 6.42 Å². The van der Waals surface area contributed by atoms with Gasteiger partial charge in [0.25, 0.3) is 0 Å². The van der Waals surface area contributed by atoms with Gasteiger partial charge in [-0.1, -0.05) is 84.0 Å². The van der Waals surface area contributed by atoms with E-state index in [-0.39, 0.29) is 13.2 Å². The fourth-order valence-corrected chi connectivity index (χ4v) is 3.08. The smallest absolute Gasteiger partial charge is 0.306 e. The third kappa shape index (κ3) is 12.5. The average molecular weight is 331 g/mol. The SMILES string of the molecule is CCCCCCCCCCCCCCC(C(=O)O)C(CO)CO. The predicted molar refractivity (Wildman–Crippen MR) is 94.5 cm³/mol. The van der Waals surface area contributed by atoms with Crippen LogP contribution >= 0.6 is 0 Å². The van der Waals surface area contributed by atoms with Crippen LogP contribution < -0.4 is 0 Å². The number of aliphatic hydroxyl groups is 2. The molecule has 0 saturated carbocycles. The molecule has 0 aliphatic carbocycles. The topological polar surface area (TPSA) is 77.8 Å². The van der Waals surface area contributed by atoms with Crippen LogP contribution in [0, 0.1) is 11.8 Å². The Kier molecular flexibility index (Phi) is 15.8. The van der Waals surface area contributed by atoms with Crippen LogP contribution in [0.4, 0.5) is 0 Å². The van der Waals surface area contributed by atoms with Crippen LogP contribution in [0.15, 0.2) is 0 Å². The molecule has 1 unspecified atom stereocenters. The fourth-order valence-electron chi connectivity index (χ4n) is 3.08. The Morgan fingerprint density at radius 2 is 1.13 bits per heavy atom. The van der Waals surface area contributed by atoms with Gasteiger partial charge in [0.2, 0.25) is 0 Å². The summed E-state index contributed by atoms with van der Waals surface area (Å²) in [5.74, 6) is -2.05. The molecule has 0 saturated heterocycles. The van der Waals surface area contributed by atoms with E-state index in [9.17, 15) is 4.79 Å². The van der Waals surface area contributed by atoms with Gasteiger partial charge in [-0.2, -0.15) is 0 Å². The van der Waals surface area contributed by atoms with Crippen LogP contribution in [0.5, 0.6) is 0 Å². The zero-order chi connectivity index (χ0) is 17.3. The van der Waals surface area contributed by atoms with E-state index in [4.69, 9.17) is 15.3 Å². The molecule has 4 nitrogen and oxygen atoms in total. The molecule has 0 bridgehead atoms. The quantitative estimate of drug-likeness (QED) is 0.346. The van der Waals surface area contributed by atoms with Crippen LogP contribution in [-0.2, 0) is 4.79 Å². The minimum atomic E-state index is -0.902. The van der Waals surface area contributed by atoms with E-state index in [2.05, 4.69) is 6.92 Å². The van der Waals surface area contributed by atoms with Gasteiger partial charge < -0.3 is 15.3 Å². The number of carboxylic acids is 1. The lowest BCUT2D eigenvalue weighted by molar-refractivity contribution is -0.145. The van der Waals surface area contributed by atoms with Crippen molar-refractivity contribution in [3.8, 4) is 0 Å². The maximum absolute atomic E-state index is 11.2. The van der Waals surface area contributed by atoms with Crippen molar-refractivity contribution in [1.82, 2.24) is 0 Å². The summed E-state index contributed by atoms with van der Waals surface area (Å²) in [6.07, 6.45) is 15.6. The van der Waals surface area contributed by atoms with Gasteiger partial charge in [0, 0.05) is 19.1 Å². The summed E-state index contributed by atoms with van der Waals surface area (Å²) in [6, 6.07) is 0. The van der Waals surface area contributed by atoms with Crippen molar-refractivity contribution in [2.75, 3.05) is 13.2 Å². The third-order valence-corrected chi connectivity index (χ3v) is 4.72. The molecule has 0 aromatic heterocycles. The third-order valence-electron chi connectivity index (χ3n) is 4.72. The van der Waals surface area contributed by atoms with Crippen molar-refractivity contribution in [2.24, 2.45) is 11.8 Å². The second-order valence-electron chi connectivity index (χ2n) is 6.75. The van der Waals surface area contributed by atoms with Crippen molar-refractivity contribution in [1.29, 1.82) is 0 Å². The van der Waals surface area contributed by atoms with Crippen LogP contribution in [0.2, 0.25) is 0 Å². The number of hydrogen-bond donors (Lipinski definition) is 3. The molecule has 0 amide bonds. The first kappa shape index (κ1) is 22.4. The molecule has 0 fully saturated rings. The normalized spacial score (nSPS) is 12.7. The Hall–Kier alpha value is -0.610. The van der Waals surface area contributed by atoms with Gasteiger partial charge in [-0.15, -0.1) is 0 Å². The predicted octanol–water partition coefficient (Wildman–Crippen LogP) is 4.38. The number of unbranched alkanes of at least 4 members (excludes halogenated alkanes) is 11. The van der Waals surface area contributed by atoms with E-state index < -0.39 is 17.8 Å². The lowest BCUT2D eigenvalue weighted by Gasteiger charge is -2.19. The lowest BCUT2D eigenvalue weighted by Crippen LogP contribution is -2.29. The van der Waals surface area contributed by atoms with E-state index in [1.54, 1.807) is 0 Å². The van der Waals surface area contributed by atoms with E-state index >= 15 is 0 Å². The summed E-state index contributed by atoms with van der Waals surface area (Å²) in [5, 5.41) is 27.4. The second kappa shape index (κ2) is 16.3. The Morgan fingerprint density at radius 1 is 0.739 bits per heavy atom. The van der Waals surface area contributed by atoms with Crippen molar-refractivity contribution in [2.45, 2.75) is 90.4 Å². The number of aliphatic hydroxyl groups excluding tert-OH is 2. The molecule has 0 aliphatic heterocycles. The summed E-state index contributed by atoms with van der Waals surface area (Å²) >= 11 is 0. The monoisotopic (exact) mass is 330 g/mol. The maximum Gasteiger partial charge on any atom is 0.306 e. The van der Waals surface area contributed by atoms with E-state index in [1.807, 2.05) is 0 Å². The summed E-state index contributed by atoms with van der Waals surface area (Å²) in [6.45, 7) is 1.73. The van der Waals surface area contributed by atoms with Crippen molar-refractivity contribution in [3.63, 3.8) is 0 Å². The van der Waals surface area contributed by atoms with Crippen LogP contribution in [-0.4, -0.2) is 34.5 Å². The molecule has 0 aromatic rings. The van der Waals surface area contributed by atoms with Gasteiger partial charge in [0.05, 0.1) is 5.92 Å². The van der Waals surface area contributed by atoms with Crippen LogP contribution in [0.3, 0.4) is 0 Å². The Balaban J connectivity index is 3.48. The van der Waals surface area contributed by atoms with Gasteiger partial charge >= 0.3 is 5.97 Å². The Labute approximate surface area is 142 Å². The standard InChI is InChI=1S/C19H38O4/c1-2-3-4-5-6-7-8-9-10-11-12-13-14-18(19(22)23)17(15-20)16-21/h17-18,20-21H,2-16H2,1H3,(H,22,23). The molecule has 1 atom stereocenters. The Bertz CT molecular complexity index is 264. The molecule has 4 heteroatoms. The molecule has 0 aliphatic rings. The van der Waals surface area contributed by atoms with Crippen LogP contribution in [0.25, 0.3) is 0 Å². The summed E-state index contributed by atoms with van der Waals surface area (Å²) in [7, 11) is 0. The lowest BCUT2D eigenvalue weighted by atomic mass is 9.88. The first-order valence-electron chi connectivity index (χ1n) is 9.61. The van der Waals surface area contributed by atoms with Gasteiger partial charge in [-0.25, -0.2) is 0 Å². The van der Waals surface area contributed by atoms with E-state index in [1.165, 1.54) is 57.8 Å². The number of rotatable bonds is 17. The highest BCUT2D eigenvalue weighted by Gasteiger charge is 2.26. The van der Waals surface area contributed by atoms with Crippen molar-refractivity contribution in [3.05, 3.63) is 0 Å². The first-order valence-corrected chi connectivity index (χ1v) is 9.61. The first-order chi connectivity index (χ1) is 11.2. The van der Waals surface area contributed by atoms with Crippen LogP contribution in [0.1, 0.15) is 90.4 Å². The summed E-state index contributed by atoms with van der Waals surface area (Å²) in [4.78, 5) is 11.2. The molecule has 0 rings (SSSR count). The van der Waals surface area contributed by atoms with E-state index in [0.717, 1.165) is 19.3 Å². The zero-order valence-electron chi connectivity index (χ0n) is 15.0. The fraction of sp³-hybridized carbons (Fsp3) is 0.947. The van der Waals surface area contributed by atoms with Gasteiger partial charge in [0.15, 0.2) is 0 Å². The molecule has 0 heterocycles. The maximum atomic E-state index is 11.2. The minimum Gasteiger partial charge on any atom is -0.481 e. The van der Waals surface area contributed by atoms with E-state index in [0.29, 0.717) is 6.42 Å². The summed E-state index contributed by atoms with van der Waals surface area (Å²) < 4.78 is 0. The van der Waals surface area contributed by atoms with Gasteiger partial charge in [-0.3, -0.25) is 4.79 Å². The number of carbonyl (C=O) groups is 1. The Morgan fingerprint density at radius 3 is 1.48 bits per heavy atom. The van der Waals surface area contributed by atoms with Crippen molar-refractivity contribution >= 4 is 5.97 Å². The van der Waals surface area contributed by atoms with Gasteiger partial charge in [0.1, 0.15) is 0 Å². The number of carboxylic acid groups (broad SMARTS) is 1. The average Bonchev–Trinajstić information content (AvgIpc) is 2.54. The highest BCUT2D eigenvalue weighted by atomic mass is 16.4. The molecular weight excluding hydrogens is 292 g/mol. The minimum absolute atomic E-state index is 0.258. The number of aliphatic carboxylic acids is 1. The number of hydrogen-bond acceptors (Lipinski definition) is 3. The highest BCUT2D eigenvalue weighted by Crippen LogP contribution is 2.20. The molecule has 0 aromatic carbocycles. The highest BCUT2D eigenvalue weighted by molar-refractivity contribution is 5.70. The molecule has 0 radical (unpaired) electrons. The molecule has 3 N–H and O–H groups in total. The largest absolute Gasteiger partial charge is 0.481 e. The zero-order valence-corrected chi connectivity index (χ0v) is 15.0. The summed E-state index contributed by atoms with van der Waals surface area (Å²) in [5.41, 5.74) is 0. The molecular formula is C19H38O4. The molecule has 138 valence electrons. The molecule has 0 spiro atoms. The molecule has 23 heavy (non-hydrogen) atoms. The second-order valence-corrected chi connectivity index (χ2v) is 6.75. The van der Waals surface area contributed by atoms with Crippen molar-refractivity contribution < 1.29 is 20.1 Å².